The van der Waals surface area contributed by atoms with Gasteiger partial charge in [-0.3, -0.25) is 9.69 Å². The summed E-state index contributed by atoms with van der Waals surface area (Å²) in [5.74, 6) is 1.13. The first-order chi connectivity index (χ1) is 8.37. The summed E-state index contributed by atoms with van der Waals surface area (Å²) in [5.41, 5.74) is 0.558. The molecule has 0 aromatic carbocycles. The third-order valence-corrected chi connectivity index (χ3v) is 5.61. The monoisotopic (exact) mass is 323 g/mol. The first-order valence-electron chi connectivity index (χ1n) is 5.72. The fraction of sp³-hybridized carbons (Fsp3) is 0.583. The molecule has 2 rings (SSSR count). The number of thiophene rings is 1. The Bertz CT molecular complexity index is 459. The van der Waals surface area contributed by atoms with Crippen LogP contribution in [0, 0.1) is 0 Å². The molecule has 1 aliphatic rings. The van der Waals surface area contributed by atoms with E-state index in [0.29, 0.717) is 20.8 Å². The molecule has 0 aliphatic carbocycles. The third kappa shape index (κ3) is 3.64. The first-order valence-corrected chi connectivity index (χ1v) is 8.27. The number of nitrogens with zero attached hydrogens (tertiary/aromatic N) is 1. The van der Waals surface area contributed by atoms with Crippen LogP contribution in [0.1, 0.15) is 24.2 Å². The second-order valence-electron chi connectivity index (χ2n) is 4.98. The molecule has 0 amide bonds. The van der Waals surface area contributed by atoms with Crippen LogP contribution in [0.25, 0.3) is 0 Å². The Labute approximate surface area is 126 Å². The molecular weight excluding hydrogens is 309 g/mol. The maximum absolute atomic E-state index is 12.2. The van der Waals surface area contributed by atoms with Crippen molar-refractivity contribution in [1.29, 1.82) is 0 Å². The number of Topliss-reactive ketones (excluding diaryl/α,β-unsaturated/α-hetero) is 1. The maximum atomic E-state index is 12.2. The predicted molar refractivity (Wildman–Crippen MR) is 81.6 cm³/mol. The smallest absolute Gasteiger partial charge is 0.179 e. The van der Waals surface area contributed by atoms with E-state index in [0.717, 1.165) is 18.8 Å². The molecule has 0 bridgehead atoms. The summed E-state index contributed by atoms with van der Waals surface area (Å²) in [6, 6.07) is 1.67. The Morgan fingerprint density at radius 1 is 1.50 bits per heavy atom. The van der Waals surface area contributed by atoms with Crippen LogP contribution in [-0.2, 0) is 0 Å². The van der Waals surface area contributed by atoms with Crippen LogP contribution in [0.15, 0.2) is 6.07 Å². The van der Waals surface area contributed by atoms with Crippen LogP contribution >= 0.6 is 46.3 Å². The van der Waals surface area contributed by atoms with E-state index < -0.39 is 0 Å². The highest BCUT2D eigenvalue weighted by Crippen LogP contribution is 2.33. The highest BCUT2D eigenvalue weighted by atomic mass is 35.5. The zero-order valence-electron chi connectivity index (χ0n) is 10.3. The quantitative estimate of drug-likeness (QED) is 0.782. The minimum Gasteiger partial charge on any atom is -0.294 e. The number of carbonyl (C=O) groups is 1. The summed E-state index contributed by atoms with van der Waals surface area (Å²) in [6.45, 7) is 6.73. The highest BCUT2D eigenvalue weighted by molar-refractivity contribution is 8.00. The molecule has 18 heavy (non-hydrogen) atoms. The normalized spacial score (nSPS) is 20.0. The van der Waals surface area contributed by atoms with E-state index in [1.54, 1.807) is 6.07 Å². The van der Waals surface area contributed by atoms with Gasteiger partial charge in [0.2, 0.25) is 0 Å². The van der Waals surface area contributed by atoms with Gasteiger partial charge >= 0.3 is 0 Å². The molecule has 1 aromatic rings. The van der Waals surface area contributed by atoms with Crippen LogP contribution < -0.4 is 0 Å². The van der Waals surface area contributed by atoms with Crippen LogP contribution in [-0.4, -0.2) is 40.8 Å². The lowest BCUT2D eigenvalue weighted by Crippen LogP contribution is -2.45. The van der Waals surface area contributed by atoms with Crippen molar-refractivity contribution >= 4 is 52.1 Å². The molecule has 1 saturated heterocycles. The summed E-state index contributed by atoms with van der Waals surface area (Å²) in [7, 11) is 0. The Morgan fingerprint density at radius 3 is 2.78 bits per heavy atom. The number of hydrogen-bond donors (Lipinski definition) is 0. The summed E-state index contributed by atoms with van der Waals surface area (Å²) >= 11 is 15.1. The molecule has 1 aliphatic heterocycles. The molecule has 6 heteroatoms. The lowest BCUT2D eigenvalue weighted by atomic mass is 10.1. The van der Waals surface area contributed by atoms with Gasteiger partial charge in [-0.25, -0.2) is 0 Å². The van der Waals surface area contributed by atoms with Crippen molar-refractivity contribution < 1.29 is 4.79 Å². The Kier molecular flexibility index (Phi) is 4.66. The van der Waals surface area contributed by atoms with Gasteiger partial charge in [-0.1, -0.05) is 23.2 Å². The van der Waals surface area contributed by atoms with Crippen LogP contribution in [0.3, 0.4) is 0 Å². The number of carbonyl (C=O) groups excluding carboxylic acids is 1. The standard InChI is InChI=1S/C12H15Cl2NOS2/c1-12(2)7-15(3-4-17-12)6-9(16)8-5-10(13)18-11(8)14/h5H,3-4,6-7H2,1-2H3. The largest absolute Gasteiger partial charge is 0.294 e. The van der Waals surface area contributed by atoms with E-state index in [9.17, 15) is 4.79 Å². The summed E-state index contributed by atoms with van der Waals surface area (Å²) in [4.78, 5) is 14.4. The fourth-order valence-electron chi connectivity index (χ4n) is 2.07. The van der Waals surface area contributed by atoms with Crippen LogP contribution in [0.4, 0.5) is 0 Å². The number of hydrogen-bond acceptors (Lipinski definition) is 4. The molecule has 2 heterocycles. The molecule has 100 valence electrons. The number of rotatable bonds is 3. The molecule has 0 N–H and O–H groups in total. The fourth-order valence-corrected chi connectivity index (χ4v) is 4.74. The summed E-state index contributed by atoms with van der Waals surface area (Å²) < 4.78 is 1.28. The van der Waals surface area contributed by atoms with E-state index in [1.807, 2.05) is 11.8 Å². The molecule has 2 nitrogen and oxygen atoms in total. The van der Waals surface area contributed by atoms with Gasteiger partial charge in [0.05, 0.1) is 16.4 Å². The topological polar surface area (TPSA) is 20.3 Å². The van der Waals surface area contributed by atoms with Crippen molar-refractivity contribution in [1.82, 2.24) is 4.90 Å². The van der Waals surface area contributed by atoms with E-state index >= 15 is 0 Å². The molecule has 0 unspecified atom stereocenters. The Balaban J connectivity index is 2.01. The molecule has 0 spiro atoms. The van der Waals surface area contributed by atoms with Crippen molar-refractivity contribution in [3.63, 3.8) is 0 Å². The van der Waals surface area contributed by atoms with Crippen LogP contribution in [0.2, 0.25) is 8.67 Å². The van der Waals surface area contributed by atoms with Crippen molar-refractivity contribution in [3.05, 3.63) is 20.3 Å². The maximum Gasteiger partial charge on any atom is 0.179 e. The highest BCUT2D eigenvalue weighted by Gasteiger charge is 2.28. The van der Waals surface area contributed by atoms with E-state index in [2.05, 4.69) is 18.7 Å². The first kappa shape index (κ1) is 14.7. The average Bonchev–Trinajstić information content (AvgIpc) is 2.56. The van der Waals surface area contributed by atoms with Crippen LogP contribution in [0.5, 0.6) is 0 Å². The van der Waals surface area contributed by atoms with E-state index in [1.165, 1.54) is 11.3 Å². The van der Waals surface area contributed by atoms with Gasteiger partial charge in [-0.2, -0.15) is 11.8 Å². The lowest BCUT2D eigenvalue weighted by molar-refractivity contribution is 0.0928. The second-order valence-corrected chi connectivity index (χ2v) is 9.07. The summed E-state index contributed by atoms with van der Waals surface area (Å²) in [6.07, 6.45) is 0. The van der Waals surface area contributed by atoms with Gasteiger partial charge in [0.15, 0.2) is 5.78 Å². The van der Waals surface area contributed by atoms with E-state index in [-0.39, 0.29) is 10.5 Å². The van der Waals surface area contributed by atoms with Crippen molar-refractivity contribution in [2.45, 2.75) is 18.6 Å². The Hall–Kier alpha value is 0.260. The SMILES string of the molecule is CC1(C)CN(CC(=O)c2cc(Cl)sc2Cl)CCS1. The summed E-state index contributed by atoms with van der Waals surface area (Å²) in [5, 5.41) is 0. The zero-order chi connectivity index (χ0) is 13.3. The molecular formula is C12H15Cl2NOS2. The van der Waals surface area contributed by atoms with Gasteiger partial charge in [-0.05, 0) is 19.9 Å². The average molecular weight is 324 g/mol. The van der Waals surface area contributed by atoms with E-state index in [4.69, 9.17) is 23.2 Å². The van der Waals surface area contributed by atoms with Gasteiger partial charge in [0, 0.05) is 23.6 Å². The van der Waals surface area contributed by atoms with Gasteiger partial charge in [0.25, 0.3) is 0 Å². The Morgan fingerprint density at radius 2 is 2.22 bits per heavy atom. The molecule has 0 saturated carbocycles. The van der Waals surface area contributed by atoms with Gasteiger partial charge in [-0.15, -0.1) is 11.3 Å². The molecule has 1 fully saturated rings. The number of thioether (sulfide) groups is 1. The minimum absolute atomic E-state index is 0.0610. The third-order valence-electron chi connectivity index (χ3n) is 2.83. The molecule has 0 radical (unpaired) electrons. The van der Waals surface area contributed by atoms with Crippen molar-refractivity contribution in [2.24, 2.45) is 0 Å². The second kappa shape index (κ2) is 5.71. The minimum atomic E-state index is 0.0610. The van der Waals surface area contributed by atoms with Gasteiger partial charge < -0.3 is 0 Å². The lowest BCUT2D eigenvalue weighted by Gasteiger charge is -2.37. The predicted octanol–water partition coefficient (Wildman–Crippen LogP) is 4.07. The van der Waals surface area contributed by atoms with Crippen molar-refractivity contribution in [2.75, 3.05) is 25.4 Å². The molecule has 0 atom stereocenters. The zero-order valence-corrected chi connectivity index (χ0v) is 13.5. The van der Waals surface area contributed by atoms with Crippen molar-refractivity contribution in [3.8, 4) is 0 Å². The number of halogens is 2. The van der Waals surface area contributed by atoms with Gasteiger partial charge in [0.1, 0.15) is 4.34 Å². The molecule has 1 aromatic heterocycles. The number of ketones is 1.